The molecule has 14 heavy (non-hydrogen) atoms. The molecule has 2 rings (SSSR count). The molecule has 0 aliphatic rings. The number of aromatic nitrogens is 2. The summed E-state index contributed by atoms with van der Waals surface area (Å²) in [5.41, 5.74) is 0.0844. The van der Waals surface area contributed by atoms with Crippen LogP contribution in [0.25, 0.3) is 10.2 Å². The van der Waals surface area contributed by atoms with Crippen LogP contribution in [-0.2, 0) is 6.54 Å². The fourth-order valence-corrected chi connectivity index (χ4v) is 2.32. The van der Waals surface area contributed by atoms with Crippen LogP contribution < -0.4 is 5.56 Å². The van der Waals surface area contributed by atoms with E-state index in [4.69, 9.17) is 0 Å². The summed E-state index contributed by atoms with van der Waals surface area (Å²) in [5, 5.41) is 0.753. The van der Waals surface area contributed by atoms with Crippen LogP contribution in [0.1, 0.15) is 18.2 Å². The number of thiophene rings is 1. The molecular formula is C10H12N2OS. The average molecular weight is 208 g/mol. The topological polar surface area (TPSA) is 34.9 Å². The predicted octanol–water partition coefficient (Wildman–Crippen LogP) is 2.18. The van der Waals surface area contributed by atoms with Gasteiger partial charge in [0.15, 0.2) is 0 Å². The first-order valence-corrected chi connectivity index (χ1v) is 5.49. The van der Waals surface area contributed by atoms with E-state index in [1.807, 2.05) is 13.0 Å². The van der Waals surface area contributed by atoms with Crippen LogP contribution >= 0.6 is 11.3 Å². The molecule has 0 atom stereocenters. The van der Waals surface area contributed by atoms with Gasteiger partial charge in [0.05, 0.1) is 11.7 Å². The minimum atomic E-state index is 0.0844. The second-order valence-corrected chi connectivity index (χ2v) is 4.55. The van der Waals surface area contributed by atoms with Crippen molar-refractivity contribution in [1.82, 2.24) is 9.55 Å². The fourth-order valence-electron chi connectivity index (χ4n) is 1.48. The molecule has 0 unspecified atom stereocenters. The summed E-state index contributed by atoms with van der Waals surface area (Å²) in [6, 6.07) is 1.92. The van der Waals surface area contributed by atoms with Crippen LogP contribution in [0, 0.1) is 6.92 Å². The highest BCUT2D eigenvalue weighted by Crippen LogP contribution is 2.19. The molecular weight excluding hydrogens is 196 g/mol. The van der Waals surface area contributed by atoms with Gasteiger partial charge in [-0.1, -0.05) is 6.92 Å². The standard InChI is InChI=1S/C10H12N2OS/c1-3-4-12-6-11-9-8(10(12)13)5-7(2)14-9/h5-6H,3-4H2,1-2H3. The monoisotopic (exact) mass is 208 g/mol. The van der Waals surface area contributed by atoms with E-state index in [-0.39, 0.29) is 5.56 Å². The molecule has 0 N–H and O–H groups in total. The Balaban J connectivity index is 2.68. The van der Waals surface area contributed by atoms with E-state index >= 15 is 0 Å². The molecule has 0 saturated heterocycles. The zero-order valence-corrected chi connectivity index (χ0v) is 9.10. The van der Waals surface area contributed by atoms with Gasteiger partial charge in [0, 0.05) is 11.4 Å². The molecule has 74 valence electrons. The molecule has 0 aliphatic heterocycles. The Morgan fingerprint density at radius 2 is 2.36 bits per heavy atom. The van der Waals surface area contributed by atoms with Crippen LogP contribution in [0.4, 0.5) is 0 Å². The highest BCUT2D eigenvalue weighted by atomic mass is 32.1. The smallest absolute Gasteiger partial charge is 0.262 e. The second kappa shape index (κ2) is 3.53. The van der Waals surface area contributed by atoms with Gasteiger partial charge >= 0.3 is 0 Å². The normalized spacial score (nSPS) is 11.0. The summed E-state index contributed by atoms with van der Waals surface area (Å²) in [4.78, 5) is 18.1. The van der Waals surface area contributed by atoms with Crippen molar-refractivity contribution in [3.8, 4) is 0 Å². The predicted molar refractivity (Wildman–Crippen MR) is 58.9 cm³/mol. The lowest BCUT2D eigenvalue weighted by atomic mass is 10.3. The van der Waals surface area contributed by atoms with E-state index in [2.05, 4.69) is 11.9 Å². The number of rotatable bonds is 2. The summed E-state index contributed by atoms with van der Waals surface area (Å²) < 4.78 is 1.68. The largest absolute Gasteiger partial charge is 0.299 e. The minimum absolute atomic E-state index is 0.0844. The Hall–Kier alpha value is -1.16. The van der Waals surface area contributed by atoms with E-state index in [0.29, 0.717) is 0 Å². The van der Waals surface area contributed by atoms with Gasteiger partial charge in [0.2, 0.25) is 0 Å². The lowest BCUT2D eigenvalue weighted by Gasteiger charge is -2.01. The average Bonchev–Trinajstić information content (AvgIpc) is 2.52. The van der Waals surface area contributed by atoms with E-state index in [9.17, 15) is 4.79 Å². The maximum absolute atomic E-state index is 11.9. The van der Waals surface area contributed by atoms with Crippen molar-refractivity contribution in [3.05, 3.63) is 27.6 Å². The van der Waals surface area contributed by atoms with Gasteiger partial charge in [-0.25, -0.2) is 4.98 Å². The summed E-state index contributed by atoms with van der Waals surface area (Å²) in [7, 11) is 0. The first-order chi connectivity index (χ1) is 6.72. The molecule has 0 bridgehead atoms. The van der Waals surface area contributed by atoms with Gasteiger partial charge in [-0.2, -0.15) is 0 Å². The first kappa shape index (κ1) is 9.40. The summed E-state index contributed by atoms with van der Waals surface area (Å²) in [6.07, 6.45) is 2.60. The van der Waals surface area contributed by atoms with Crippen molar-refractivity contribution >= 4 is 21.6 Å². The Labute approximate surface area is 86.0 Å². The Morgan fingerprint density at radius 3 is 3.07 bits per heavy atom. The first-order valence-electron chi connectivity index (χ1n) is 4.68. The van der Waals surface area contributed by atoms with Gasteiger partial charge in [0.25, 0.3) is 5.56 Å². The Kier molecular flexibility index (Phi) is 2.37. The van der Waals surface area contributed by atoms with Gasteiger partial charge in [-0.05, 0) is 19.4 Å². The number of aryl methyl sites for hydroxylation is 2. The number of fused-ring (bicyclic) bond motifs is 1. The van der Waals surface area contributed by atoms with Crippen LogP contribution in [-0.4, -0.2) is 9.55 Å². The number of nitrogens with zero attached hydrogens (tertiary/aromatic N) is 2. The highest BCUT2D eigenvalue weighted by Gasteiger charge is 2.05. The van der Waals surface area contributed by atoms with Crippen LogP contribution in [0.3, 0.4) is 0 Å². The van der Waals surface area contributed by atoms with Crippen molar-refractivity contribution in [1.29, 1.82) is 0 Å². The number of hydrogen-bond acceptors (Lipinski definition) is 3. The van der Waals surface area contributed by atoms with E-state index in [1.165, 1.54) is 0 Å². The molecule has 4 heteroatoms. The molecule has 2 aromatic heterocycles. The molecule has 2 heterocycles. The molecule has 0 spiro atoms. The Morgan fingerprint density at radius 1 is 1.57 bits per heavy atom. The van der Waals surface area contributed by atoms with E-state index in [1.54, 1.807) is 22.2 Å². The van der Waals surface area contributed by atoms with Crippen molar-refractivity contribution in [2.45, 2.75) is 26.8 Å². The highest BCUT2D eigenvalue weighted by molar-refractivity contribution is 7.18. The van der Waals surface area contributed by atoms with Crippen molar-refractivity contribution in [2.75, 3.05) is 0 Å². The van der Waals surface area contributed by atoms with Crippen molar-refractivity contribution < 1.29 is 0 Å². The minimum Gasteiger partial charge on any atom is -0.299 e. The lowest BCUT2D eigenvalue weighted by molar-refractivity contribution is 0.648. The maximum atomic E-state index is 11.9. The molecule has 3 nitrogen and oxygen atoms in total. The van der Waals surface area contributed by atoms with Gasteiger partial charge < -0.3 is 0 Å². The fraction of sp³-hybridized carbons (Fsp3) is 0.400. The van der Waals surface area contributed by atoms with Crippen LogP contribution in [0.2, 0.25) is 0 Å². The lowest BCUT2D eigenvalue weighted by Crippen LogP contribution is -2.19. The molecule has 0 saturated carbocycles. The zero-order valence-electron chi connectivity index (χ0n) is 8.28. The summed E-state index contributed by atoms with van der Waals surface area (Å²) in [6.45, 7) is 4.79. The van der Waals surface area contributed by atoms with Gasteiger partial charge in [0.1, 0.15) is 4.83 Å². The molecule has 0 amide bonds. The van der Waals surface area contributed by atoms with Gasteiger partial charge in [-0.3, -0.25) is 9.36 Å². The molecule has 0 aliphatic carbocycles. The van der Waals surface area contributed by atoms with Crippen molar-refractivity contribution in [3.63, 3.8) is 0 Å². The number of hydrogen-bond donors (Lipinski definition) is 0. The molecule has 0 radical (unpaired) electrons. The second-order valence-electron chi connectivity index (χ2n) is 3.32. The van der Waals surface area contributed by atoms with Crippen LogP contribution in [0.5, 0.6) is 0 Å². The van der Waals surface area contributed by atoms with Crippen molar-refractivity contribution in [2.24, 2.45) is 0 Å². The molecule has 0 fully saturated rings. The summed E-state index contributed by atoms with van der Waals surface area (Å²) >= 11 is 1.57. The third-order valence-corrected chi connectivity index (χ3v) is 3.06. The Bertz CT molecular complexity index is 512. The van der Waals surface area contributed by atoms with E-state index in [0.717, 1.165) is 28.1 Å². The molecule has 2 aromatic rings. The summed E-state index contributed by atoms with van der Waals surface area (Å²) in [5.74, 6) is 0. The third kappa shape index (κ3) is 1.46. The van der Waals surface area contributed by atoms with Crippen LogP contribution in [0.15, 0.2) is 17.2 Å². The third-order valence-electron chi connectivity index (χ3n) is 2.11. The zero-order chi connectivity index (χ0) is 10.1. The maximum Gasteiger partial charge on any atom is 0.262 e. The SMILES string of the molecule is CCCn1cnc2sc(C)cc2c1=O. The van der Waals surface area contributed by atoms with Gasteiger partial charge in [-0.15, -0.1) is 11.3 Å². The quantitative estimate of drug-likeness (QED) is 0.758. The van der Waals surface area contributed by atoms with E-state index < -0.39 is 0 Å². The molecule has 0 aromatic carbocycles.